The van der Waals surface area contributed by atoms with Crippen LogP contribution in [-0.2, 0) is 9.59 Å². The summed E-state index contributed by atoms with van der Waals surface area (Å²) in [6.07, 6.45) is 9.77. The summed E-state index contributed by atoms with van der Waals surface area (Å²) in [7, 11) is 0. The van der Waals surface area contributed by atoms with Crippen molar-refractivity contribution in [3.8, 4) is 0 Å². The van der Waals surface area contributed by atoms with Crippen LogP contribution in [0.5, 0.6) is 0 Å². The third kappa shape index (κ3) is 12.9. The largest absolute Gasteiger partial charge is 0.370 e. The number of amides is 2. The molecule has 0 bridgehead atoms. The highest BCUT2D eigenvalue weighted by Crippen LogP contribution is 2.10. The third-order valence-electron chi connectivity index (χ3n) is 2.60. The Hall–Kier alpha value is -1.06. The molecule has 0 fully saturated rings. The predicted octanol–water partition coefficient (Wildman–Crippen LogP) is 1.86. The van der Waals surface area contributed by atoms with Crippen molar-refractivity contribution in [2.75, 3.05) is 0 Å². The Bertz CT molecular complexity index is 183. The van der Waals surface area contributed by atoms with Crippen LogP contribution in [0.4, 0.5) is 0 Å². The maximum Gasteiger partial charge on any atom is 0.217 e. The van der Waals surface area contributed by atoms with E-state index in [2.05, 4.69) is 0 Å². The van der Waals surface area contributed by atoms with Gasteiger partial charge in [0.15, 0.2) is 0 Å². The molecule has 94 valence electrons. The summed E-state index contributed by atoms with van der Waals surface area (Å²) in [5.74, 6) is -0.405. The van der Waals surface area contributed by atoms with E-state index in [1.54, 1.807) is 0 Å². The van der Waals surface area contributed by atoms with Gasteiger partial charge >= 0.3 is 0 Å². The second-order valence-electron chi connectivity index (χ2n) is 4.26. The van der Waals surface area contributed by atoms with Crippen LogP contribution in [0.3, 0.4) is 0 Å². The van der Waals surface area contributed by atoms with Crippen molar-refractivity contribution in [3.63, 3.8) is 0 Å². The van der Waals surface area contributed by atoms with E-state index in [4.69, 9.17) is 11.5 Å². The number of nitrogens with two attached hydrogens (primary N) is 2. The van der Waals surface area contributed by atoms with E-state index in [1.165, 1.54) is 25.7 Å². The Morgan fingerprint density at radius 2 is 0.812 bits per heavy atom. The summed E-state index contributed by atoms with van der Waals surface area (Å²) in [5.41, 5.74) is 10.1. The summed E-state index contributed by atoms with van der Waals surface area (Å²) in [4.78, 5) is 20.9. The minimum atomic E-state index is -0.202. The van der Waals surface area contributed by atoms with Crippen LogP contribution in [0.1, 0.15) is 64.2 Å². The number of carbonyl (C=O) groups excluding carboxylic acids is 2. The molecule has 0 aliphatic rings. The van der Waals surface area contributed by atoms with Crippen LogP contribution >= 0.6 is 0 Å². The van der Waals surface area contributed by atoms with Gasteiger partial charge in [-0.15, -0.1) is 0 Å². The molecule has 0 saturated carbocycles. The highest BCUT2D eigenvalue weighted by Gasteiger charge is 1.96. The van der Waals surface area contributed by atoms with Gasteiger partial charge in [0.25, 0.3) is 0 Å². The molecule has 4 nitrogen and oxygen atoms in total. The monoisotopic (exact) mass is 228 g/mol. The van der Waals surface area contributed by atoms with E-state index in [0.29, 0.717) is 12.8 Å². The van der Waals surface area contributed by atoms with E-state index < -0.39 is 0 Å². The minimum absolute atomic E-state index is 0.202. The molecule has 4 heteroatoms. The van der Waals surface area contributed by atoms with Gasteiger partial charge < -0.3 is 11.5 Å². The number of carbonyl (C=O) groups is 2. The lowest BCUT2D eigenvalue weighted by atomic mass is 10.1. The molecule has 4 N–H and O–H groups in total. The van der Waals surface area contributed by atoms with Gasteiger partial charge in [0.1, 0.15) is 0 Å². The second-order valence-corrected chi connectivity index (χ2v) is 4.26. The highest BCUT2D eigenvalue weighted by atomic mass is 16.1. The molecule has 0 radical (unpaired) electrons. The van der Waals surface area contributed by atoms with Crippen LogP contribution in [0.15, 0.2) is 0 Å². The van der Waals surface area contributed by atoms with Crippen molar-refractivity contribution in [2.45, 2.75) is 64.2 Å². The van der Waals surface area contributed by atoms with Crippen molar-refractivity contribution in [2.24, 2.45) is 11.5 Å². The first-order valence-corrected chi connectivity index (χ1v) is 6.19. The summed E-state index contributed by atoms with van der Waals surface area (Å²) < 4.78 is 0. The maximum atomic E-state index is 10.4. The van der Waals surface area contributed by atoms with Crippen molar-refractivity contribution in [1.82, 2.24) is 0 Å². The fourth-order valence-corrected chi connectivity index (χ4v) is 1.66. The Morgan fingerprint density at radius 3 is 1.06 bits per heavy atom. The van der Waals surface area contributed by atoms with Gasteiger partial charge in [0, 0.05) is 12.8 Å². The first-order chi connectivity index (χ1) is 7.63. The van der Waals surface area contributed by atoms with Crippen molar-refractivity contribution < 1.29 is 9.59 Å². The van der Waals surface area contributed by atoms with Gasteiger partial charge in [-0.1, -0.05) is 38.5 Å². The zero-order chi connectivity index (χ0) is 12.2. The SMILES string of the molecule is NC(=O)CCCCCCCCCCC(N)=O. The number of hydrogen-bond donors (Lipinski definition) is 2. The number of primary amides is 2. The Kier molecular flexibility index (Phi) is 9.76. The minimum Gasteiger partial charge on any atom is -0.370 e. The van der Waals surface area contributed by atoms with Crippen LogP contribution < -0.4 is 11.5 Å². The van der Waals surface area contributed by atoms with Gasteiger partial charge in [0.05, 0.1) is 0 Å². The van der Waals surface area contributed by atoms with Crippen LogP contribution in [0, 0.1) is 0 Å². The Balaban J connectivity index is 2.98. The lowest BCUT2D eigenvalue weighted by Crippen LogP contribution is -2.09. The average molecular weight is 228 g/mol. The zero-order valence-corrected chi connectivity index (χ0v) is 10.0. The van der Waals surface area contributed by atoms with E-state index >= 15 is 0 Å². The van der Waals surface area contributed by atoms with Gasteiger partial charge in [-0.05, 0) is 12.8 Å². The average Bonchev–Trinajstić information content (AvgIpc) is 2.20. The van der Waals surface area contributed by atoms with Gasteiger partial charge in [-0.2, -0.15) is 0 Å². The summed E-state index contributed by atoms with van der Waals surface area (Å²) in [6.45, 7) is 0. The molecule has 0 aromatic rings. The molecular formula is C12H24N2O2. The lowest BCUT2D eigenvalue weighted by Gasteiger charge is -2.01. The third-order valence-corrected chi connectivity index (χ3v) is 2.60. The number of hydrogen-bond acceptors (Lipinski definition) is 2. The molecule has 0 unspecified atom stereocenters. The fourth-order valence-electron chi connectivity index (χ4n) is 1.66. The summed E-state index contributed by atoms with van der Waals surface area (Å²) >= 11 is 0. The standard InChI is InChI=1S/C12H24N2O2/c13-11(15)9-7-5-3-1-2-4-6-8-10-12(14)16/h1-10H2,(H2,13,15)(H2,14,16). The molecule has 0 atom stereocenters. The van der Waals surface area contributed by atoms with Crippen molar-refractivity contribution >= 4 is 11.8 Å². The number of rotatable bonds is 11. The second kappa shape index (κ2) is 10.5. The summed E-state index contributed by atoms with van der Waals surface area (Å²) in [5, 5.41) is 0. The molecule has 0 aromatic heterocycles. The van der Waals surface area contributed by atoms with Gasteiger partial charge in [0.2, 0.25) is 11.8 Å². The maximum absolute atomic E-state index is 10.4. The lowest BCUT2D eigenvalue weighted by molar-refractivity contribution is -0.119. The van der Waals surface area contributed by atoms with E-state index in [1.807, 2.05) is 0 Å². The zero-order valence-electron chi connectivity index (χ0n) is 10.0. The molecular weight excluding hydrogens is 204 g/mol. The van der Waals surface area contributed by atoms with E-state index in [0.717, 1.165) is 25.7 Å². The van der Waals surface area contributed by atoms with Crippen molar-refractivity contribution in [1.29, 1.82) is 0 Å². The first kappa shape index (κ1) is 14.9. The molecule has 0 aliphatic carbocycles. The first-order valence-electron chi connectivity index (χ1n) is 6.19. The Morgan fingerprint density at radius 1 is 0.562 bits per heavy atom. The number of unbranched alkanes of at least 4 members (excludes halogenated alkanes) is 7. The molecule has 0 rings (SSSR count). The molecule has 16 heavy (non-hydrogen) atoms. The highest BCUT2D eigenvalue weighted by molar-refractivity contribution is 5.73. The molecule has 0 heterocycles. The van der Waals surface area contributed by atoms with Gasteiger partial charge in [-0.3, -0.25) is 9.59 Å². The van der Waals surface area contributed by atoms with E-state index in [-0.39, 0.29) is 11.8 Å². The van der Waals surface area contributed by atoms with Crippen LogP contribution in [0.25, 0.3) is 0 Å². The van der Waals surface area contributed by atoms with Crippen molar-refractivity contribution in [3.05, 3.63) is 0 Å². The molecule has 0 aromatic carbocycles. The van der Waals surface area contributed by atoms with Crippen LogP contribution in [-0.4, -0.2) is 11.8 Å². The van der Waals surface area contributed by atoms with E-state index in [9.17, 15) is 9.59 Å². The quantitative estimate of drug-likeness (QED) is 0.529. The van der Waals surface area contributed by atoms with Gasteiger partial charge in [-0.25, -0.2) is 0 Å². The summed E-state index contributed by atoms with van der Waals surface area (Å²) in [6, 6.07) is 0. The Labute approximate surface area is 97.8 Å². The fraction of sp³-hybridized carbons (Fsp3) is 0.833. The predicted molar refractivity (Wildman–Crippen MR) is 64.6 cm³/mol. The smallest absolute Gasteiger partial charge is 0.217 e. The normalized spacial score (nSPS) is 10.2. The topological polar surface area (TPSA) is 86.2 Å². The molecule has 0 spiro atoms. The van der Waals surface area contributed by atoms with Crippen LogP contribution in [0.2, 0.25) is 0 Å². The molecule has 2 amide bonds. The molecule has 0 aliphatic heterocycles. The molecule has 0 saturated heterocycles.